The third-order valence-electron chi connectivity index (χ3n) is 6.63. The Morgan fingerprint density at radius 2 is 1.73 bits per heavy atom. The van der Waals surface area contributed by atoms with Gasteiger partial charge in [0.1, 0.15) is 5.82 Å². The van der Waals surface area contributed by atoms with Gasteiger partial charge in [-0.3, -0.25) is 4.90 Å². The Balaban J connectivity index is 1.32. The molecular weight excluding hydrogens is 322 g/mol. The molecule has 1 aromatic rings. The van der Waals surface area contributed by atoms with Crippen LogP contribution in [0.15, 0.2) is 12.3 Å². The minimum Gasteiger partial charge on any atom is -0.356 e. The molecule has 3 aliphatic rings. The number of hydrogen-bond donors (Lipinski definition) is 1. The quantitative estimate of drug-likeness (QED) is 0.885. The Labute approximate surface area is 158 Å². The molecule has 1 N–H and O–H groups in total. The van der Waals surface area contributed by atoms with Crippen LogP contribution >= 0.6 is 0 Å². The lowest BCUT2D eigenvalue weighted by molar-refractivity contribution is 0.168. The molecule has 0 aromatic carbocycles. The van der Waals surface area contributed by atoms with Crippen LogP contribution in [0.5, 0.6) is 0 Å². The lowest BCUT2D eigenvalue weighted by Crippen LogP contribution is -2.37. The molecule has 26 heavy (non-hydrogen) atoms. The van der Waals surface area contributed by atoms with Crippen molar-refractivity contribution in [3.05, 3.63) is 12.3 Å². The van der Waals surface area contributed by atoms with Crippen molar-refractivity contribution in [1.29, 1.82) is 0 Å². The van der Waals surface area contributed by atoms with Crippen molar-refractivity contribution in [2.24, 2.45) is 5.92 Å². The van der Waals surface area contributed by atoms with Gasteiger partial charge in [0.2, 0.25) is 5.95 Å². The van der Waals surface area contributed by atoms with Gasteiger partial charge in [-0.1, -0.05) is 19.8 Å². The van der Waals surface area contributed by atoms with Crippen LogP contribution in [0.3, 0.4) is 0 Å². The molecule has 0 amide bonds. The number of likely N-dealkylation sites (tertiary alicyclic amines) is 1. The van der Waals surface area contributed by atoms with E-state index in [2.05, 4.69) is 33.1 Å². The lowest BCUT2D eigenvalue weighted by Gasteiger charge is -2.33. The summed E-state index contributed by atoms with van der Waals surface area (Å²) in [6.07, 6.45) is 14.0. The largest absolute Gasteiger partial charge is 0.356 e. The molecule has 3 fully saturated rings. The van der Waals surface area contributed by atoms with E-state index in [-0.39, 0.29) is 0 Å². The number of nitrogens with one attached hydrogen (secondary N) is 1. The van der Waals surface area contributed by atoms with E-state index in [0.717, 1.165) is 43.4 Å². The van der Waals surface area contributed by atoms with Gasteiger partial charge in [-0.2, -0.15) is 4.98 Å². The van der Waals surface area contributed by atoms with Gasteiger partial charge in [0, 0.05) is 44.5 Å². The standard InChI is InChI=1S/C21H35N5/c1-17-6-8-19(9-7-17)26-15-11-18(16-26)23-21-22-12-10-20(24-21)25-13-4-2-3-5-14-25/h10,12,17-19H,2-9,11,13-16H2,1H3,(H,22,23,24). The van der Waals surface area contributed by atoms with Crippen molar-refractivity contribution in [1.82, 2.24) is 14.9 Å². The van der Waals surface area contributed by atoms with Crippen LogP contribution in [0, 0.1) is 5.92 Å². The molecule has 0 radical (unpaired) electrons. The van der Waals surface area contributed by atoms with Crippen LogP contribution in [0.2, 0.25) is 0 Å². The average molecular weight is 358 g/mol. The molecule has 3 heterocycles. The second-order valence-electron chi connectivity index (χ2n) is 8.68. The van der Waals surface area contributed by atoms with Gasteiger partial charge in [-0.05, 0) is 56.9 Å². The van der Waals surface area contributed by atoms with E-state index in [1.54, 1.807) is 0 Å². The van der Waals surface area contributed by atoms with Crippen molar-refractivity contribution in [2.45, 2.75) is 76.8 Å². The third kappa shape index (κ3) is 4.48. The highest BCUT2D eigenvalue weighted by Gasteiger charge is 2.30. The van der Waals surface area contributed by atoms with E-state index >= 15 is 0 Å². The molecule has 2 saturated heterocycles. The van der Waals surface area contributed by atoms with Gasteiger partial charge in [0.25, 0.3) is 0 Å². The second-order valence-corrected chi connectivity index (χ2v) is 8.68. The number of rotatable bonds is 4. The van der Waals surface area contributed by atoms with Gasteiger partial charge >= 0.3 is 0 Å². The molecule has 2 aliphatic heterocycles. The minimum atomic E-state index is 0.494. The van der Waals surface area contributed by atoms with Gasteiger partial charge < -0.3 is 10.2 Å². The number of nitrogens with zero attached hydrogens (tertiary/aromatic N) is 4. The van der Waals surface area contributed by atoms with Crippen LogP contribution in [-0.2, 0) is 0 Å². The minimum absolute atomic E-state index is 0.494. The Bertz CT molecular complexity index is 561. The fraction of sp³-hybridized carbons (Fsp3) is 0.810. The summed E-state index contributed by atoms with van der Waals surface area (Å²) in [6.45, 7) is 7.04. The van der Waals surface area contributed by atoms with Crippen molar-refractivity contribution < 1.29 is 0 Å². The van der Waals surface area contributed by atoms with E-state index in [1.807, 2.05) is 6.20 Å². The zero-order chi connectivity index (χ0) is 17.8. The summed E-state index contributed by atoms with van der Waals surface area (Å²) in [5, 5.41) is 3.62. The van der Waals surface area contributed by atoms with Crippen LogP contribution in [-0.4, -0.2) is 53.1 Å². The predicted molar refractivity (Wildman–Crippen MR) is 108 cm³/mol. The summed E-state index contributed by atoms with van der Waals surface area (Å²) in [5.41, 5.74) is 0. The maximum atomic E-state index is 4.83. The number of aromatic nitrogens is 2. The molecule has 1 aliphatic carbocycles. The molecule has 5 heteroatoms. The predicted octanol–water partition coefficient (Wildman–Crippen LogP) is 3.92. The summed E-state index contributed by atoms with van der Waals surface area (Å²) < 4.78 is 0. The van der Waals surface area contributed by atoms with E-state index < -0.39 is 0 Å². The molecule has 5 nitrogen and oxygen atoms in total. The Hall–Kier alpha value is -1.36. The monoisotopic (exact) mass is 357 g/mol. The summed E-state index contributed by atoms with van der Waals surface area (Å²) >= 11 is 0. The number of anilines is 2. The molecule has 144 valence electrons. The normalized spacial score (nSPS) is 31.0. The first kappa shape index (κ1) is 18.0. The van der Waals surface area contributed by atoms with E-state index in [4.69, 9.17) is 4.98 Å². The van der Waals surface area contributed by atoms with Crippen LogP contribution in [0.25, 0.3) is 0 Å². The Kier molecular flexibility index (Phi) is 5.93. The lowest BCUT2D eigenvalue weighted by atomic mass is 9.87. The zero-order valence-corrected chi connectivity index (χ0v) is 16.4. The molecule has 0 bridgehead atoms. The second kappa shape index (κ2) is 8.55. The molecule has 1 aromatic heterocycles. The highest BCUT2D eigenvalue weighted by molar-refractivity contribution is 5.43. The summed E-state index contributed by atoms with van der Waals surface area (Å²) in [7, 11) is 0. The topological polar surface area (TPSA) is 44.3 Å². The third-order valence-corrected chi connectivity index (χ3v) is 6.63. The van der Waals surface area contributed by atoms with Gasteiger partial charge in [-0.15, -0.1) is 0 Å². The SMILES string of the molecule is CC1CCC(N2CCC(Nc3nccc(N4CCCCCC4)n3)C2)CC1. The fourth-order valence-electron chi connectivity index (χ4n) is 4.92. The van der Waals surface area contributed by atoms with Crippen molar-refractivity contribution in [2.75, 3.05) is 36.4 Å². The summed E-state index contributed by atoms with van der Waals surface area (Å²) in [6, 6.07) is 3.37. The molecule has 1 atom stereocenters. The highest BCUT2D eigenvalue weighted by atomic mass is 15.3. The molecule has 0 spiro atoms. The smallest absolute Gasteiger partial charge is 0.224 e. The van der Waals surface area contributed by atoms with E-state index in [0.29, 0.717) is 6.04 Å². The fourth-order valence-corrected chi connectivity index (χ4v) is 4.92. The van der Waals surface area contributed by atoms with Gasteiger partial charge in [0.15, 0.2) is 0 Å². The van der Waals surface area contributed by atoms with Crippen molar-refractivity contribution in [3.63, 3.8) is 0 Å². The van der Waals surface area contributed by atoms with Crippen LogP contribution < -0.4 is 10.2 Å². The van der Waals surface area contributed by atoms with Crippen LogP contribution in [0.4, 0.5) is 11.8 Å². The van der Waals surface area contributed by atoms with Crippen molar-refractivity contribution >= 4 is 11.8 Å². The zero-order valence-electron chi connectivity index (χ0n) is 16.4. The summed E-state index contributed by atoms with van der Waals surface area (Å²) in [4.78, 5) is 14.5. The highest BCUT2D eigenvalue weighted by Crippen LogP contribution is 2.29. The van der Waals surface area contributed by atoms with Crippen molar-refractivity contribution in [3.8, 4) is 0 Å². The van der Waals surface area contributed by atoms with Crippen LogP contribution in [0.1, 0.15) is 64.7 Å². The Morgan fingerprint density at radius 3 is 2.50 bits per heavy atom. The van der Waals surface area contributed by atoms with Gasteiger partial charge in [-0.25, -0.2) is 4.98 Å². The number of hydrogen-bond acceptors (Lipinski definition) is 5. The maximum Gasteiger partial charge on any atom is 0.224 e. The summed E-state index contributed by atoms with van der Waals surface area (Å²) in [5.74, 6) is 2.84. The maximum absolute atomic E-state index is 4.83. The van der Waals surface area contributed by atoms with E-state index in [1.165, 1.54) is 64.3 Å². The molecular formula is C21H35N5. The van der Waals surface area contributed by atoms with Gasteiger partial charge in [0.05, 0.1) is 0 Å². The molecule has 1 unspecified atom stereocenters. The Morgan fingerprint density at radius 1 is 0.962 bits per heavy atom. The first-order chi connectivity index (χ1) is 12.8. The molecule has 1 saturated carbocycles. The first-order valence-corrected chi connectivity index (χ1v) is 10.9. The first-order valence-electron chi connectivity index (χ1n) is 10.9. The molecule has 4 rings (SSSR count). The average Bonchev–Trinajstić information content (AvgIpc) is 2.95. The van der Waals surface area contributed by atoms with E-state index in [9.17, 15) is 0 Å².